The van der Waals surface area contributed by atoms with Crippen LogP contribution in [-0.4, -0.2) is 18.3 Å². The summed E-state index contributed by atoms with van der Waals surface area (Å²) in [7, 11) is -0.297. The molecule has 6 aromatic carbocycles. The molecule has 0 aromatic heterocycles. The molecule has 6 aliphatic carbocycles. The standard InChI is InChI=1S/C59H63BO2/c1-42-6-8-43(9-7-42)44-10-12-45(13-11-44)46-14-20-49(21-15-46)56-30-33-57(34-31-56,35-32-56)50-22-16-47(17-23-50)48-18-24-51(25-19-48)58-36-39-59(40-37-58,41-38-58)52-26-28-53(29-27-52)60-61-54(2,3)55(4,5)62-60/h6-29H,30-41H2,1-5H3. The minimum absolute atomic E-state index is 0.297. The highest BCUT2D eigenvalue weighted by atomic mass is 16.7. The summed E-state index contributed by atoms with van der Waals surface area (Å²) in [5.41, 5.74) is 17.1. The first-order valence-electron chi connectivity index (χ1n) is 23.8. The molecule has 62 heavy (non-hydrogen) atoms. The van der Waals surface area contributed by atoms with Crippen LogP contribution < -0.4 is 5.46 Å². The third kappa shape index (κ3) is 6.68. The molecule has 0 atom stereocenters. The van der Waals surface area contributed by atoms with Crippen LogP contribution in [0.1, 0.15) is 133 Å². The van der Waals surface area contributed by atoms with E-state index in [9.17, 15) is 0 Å². The molecule has 2 nitrogen and oxygen atoms in total. The Labute approximate surface area is 371 Å². The molecule has 1 saturated heterocycles. The highest BCUT2D eigenvalue weighted by Crippen LogP contribution is 2.60. The molecule has 0 N–H and O–H groups in total. The number of hydrogen-bond donors (Lipinski definition) is 0. The highest BCUT2D eigenvalue weighted by Gasteiger charge is 2.53. The van der Waals surface area contributed by atoms with E-state index < -0.39 is 0 Å². The van der Waals surface area contributed by atoms with E-state index in [1.807, 2.05) is 0 Å². The van der Waals surface area contributed by atoms with Crippen molar-refractivity contribution in [2.75, 3.05) is 0 Å². The van der Waals surface area contributed by atoms with E-state index in [-0.39, 0.29) is 18.3 Å². The smallest absolute Gasteiger partial charge is 0.399 e. The van der Waals surface area contributed by atoms with Crippen LogP contribution in [0, 0.1) is 6.92 Å². The van der Waals surface area contributed by atoms with Crippen LogP contribution >= 0.6 is 0 Å². The first kappa shape index (κ1) is 40.1. The Morgan fingerprint density at radius 1 is 0.306 bits per heavy atom. The van der Waals surface area contributed by atoms with Gasteiger partial charge < -0.3 is 9.31 Å². The number of benzene rings is 6. The first-order chi connectivity index (χ1) is 29.9. The second-order valence-electron chi connectivity index (χ2n) is 21.5. The average Bonchev–Trinajstić information content (AvgIpc) is 3.56. The fourth-order valence-electron chi connectivity index (χ4n) is 12.7. The van der Waals surface area contributed by atoms with E-state index in [0.717, 1.165) is 5.46 Å². The van der Waals surface area contributed by atoms with E-state index in [0.29, 0.717) is 21.7 Å². The maximum absolute atomic E-state index is 6.35. The molecule has 4 bridgehead atoms. The maximum Gasteiger partial charge on any atom is 0.494 e. The SMILES string of the molecule is Cc1ccc(-c2ccc(-c3ccc(C45CCC(c6ccc(-c7ccc(C89CCC(c%10ccc(B%11OC(C)(C)C(C)(C)O%11)cc%10)(CC8)CC9)cc7)cc6)(CC4)CC5)cc3)cc2)cc1. The summed E-state index contributed by atoms with van der Waals surface area (Å²) in [6.45, 7) is 10.7. The largest absolute Gasteiger partial charge is 0.494 e. The third-order valence-corrected chi connectivity index (χ3v) is 18.0. The molecule has 1 heterocycles. The number of aryl methyl sites for hydroxylation is 1. The average molecular weight is 815 g/mol. The van der Waals surface area contributed by atoms with Crippen molar-refractivity contribution in [1.29, 1.82) is 0 Å². The first-order valence-corrected chi connectivity index (χ1v) is 23.8. The Bertz CT molecular complexity index is 2500. The minimum Gasteiger partial charge on any atom is -0.399 e. The lowest BCUT2D eigenvalue weighted by Gasteiger charge is -2.54. The van der Waals surface area contributed by atoms with Crippen LogP contribution in [0.5, 0.6) is 0 Å². The maximum atomic E-state index is 6.35. The Kier molecular flexibility index (Phi) is 9.50. The van der Waals surface area contributed by atoms with E-state index in [2.05, 4.69) is 180 Å². The summed E-state index contributed by atoms with van der Waals surface area (Å²) in [4.78, 5) is 0. The number of fused-ring (bicyclic) bond motifs is 6. The van der Waals surface area contributed by atoms with Crippen molar-refractivity contribution in [3.05, 3.63) is 173 Å². The van der Waals surface area contributed by atoms with Gasteiger partial charge in [0.1, 0.15) is 0 Å². The fourth-order valence-corrected chi connectivity index (χ4v) is 12.7. The Hall–Kier alpha value is -4.70. The Morgan fingerprint density at radius 2 is 0.516 bits per heavy atom. The van der Waals surface area contributed by atoms with Gasteiger partial charge in [0.05, 0.1) is 11.2 Å². The van der Waals surface area contributed by atoms with Crippen molar-refractivity contribution in [1.82, 2.24) is 0 Å². The molecule has 7 fully saturated rings. The van der Waals surface area contributed by atoms with E-state index >= 15 is 0 Å². The van der Waals surface area contributed by atoms with Gasteiger partial charge in [0.2, 0.25) is 0 Å². The predicted octanol–water partition coefficient (Wildman–Crippen LogP) is 14.4. The molecule has 3 heteroatoms. The van der Waals surface area contributed by atoms with Crippen molar-refractivity contribution in [2.45, 2.75) is 145 Å². The van der Waals surface area contributed by atoms with Gasteiger partial charge in [-0.2, -0.15) is 0 Å². The monoisotopic (exact) mass is 814 g/mol. The molecule has 6 aromatic rings. The lowest BCUT2D eigenvalue weighted by molar-refractivity contribution is 0.00578. The van der Waals surface area contributed by atoms with Gasteiger partial charge in [0.15, 0.2) is 0 Å². The molecule has 13 rings (SSSR count). The van der Waals surface area contributed by atoms with Crippen LogP contribution in [0.3, 0.4) is 0 Å². The van der Waals surface area contributed by atoms with E-state index in [4.69, 9.17) is 9.31 Å². The quantitative estimate of drug-likeness (QED) is 0.143. The van der Waals surface area contributed by atoms with Gasteiger partial charge in [-0.1, -0.05) is 151 Å². The summed E-state index contributed by atoms with van der Waals surface area (Å²) in [5, 5.41) is 0. The van der Waals surface area contributed by atoms with Crippen LogP contribution in [0.4, 0.5) is 0 Å². The molecule has 0 radical (unpaired) electrons. The van der Waals surface area contributed by atoms with Crippen molar-refractivity contribution >= 4 is 12.6 Å². The second-order valence-corrected chi connectivity index (χ2v) is 21.5. The van der Waals surface area contributed by atoms with Crippen LogP contribution in [0.15, 0.2) is 146 Å². The summed E-state index contributed by atoms with van der Waals surface area (Å²) in [5.74, 6) is 0. The molecule has 0 amide bonds. The van der Waals surface area contributed by atoms with Crippen molar-refractivity contribution in [3.63, 3.8) is 0 Å². The molecule has 0 spiro atoms. The van der Waals surface area contributed by atoms with Gasteiger partial charge in [-0.05, 0) is 194 Å². The van der Waals surface area contributed by atoms with Gasteiger partial charge in [0.25, 0.3) is 0 Å². The van der Waals surface area contributed by atoms with Gasteiger partial charge in [-0.3, -0.25) is 0 Å². The molecule has 7 aliphatic rings. The van der Waals surface area contributed by atoms with Crippen molar-refractivity contribution in [2.24, 2.45) is 0 Å². The van der Waals surface area contributed by atoms with E-state index in [1.54, 1.807) is 16.7 Å². The lowest BCUT2D eigenvalue weighted by Crippen LogP contribution is -2.46. The van der Waals surface area contributed by atoms with Crippen LogP contribution in [-0.2, 0) is 31.0 Å². The van der Waals surface area contributed by atoms with Gasteiger partial charge in [-0.25, -0.2) is 0 Å². The molecule has 6 saturated carbocycles. The summed E-state index contributed by atoms with van der Waals surface area (Å²) < 4.78 is 12.7. The van der Waals surface area contributed by atoms with Crippen molar-refractivity contribution < 1.29 is 9.31 Å². The highest BCUT2D eigenvalue weighted by molar-refractivity contribution is 6.62. The molecule has 1 aliphatic heterocycles. The number of hydrogen-bond acceptors (Lipinski definition) is 2. The van der Waals surface area contributed by atoms with E-state index in [1.165, 1.54) is 122 Å². The molecular weight excluding hydrogens is 751 g/mol. The summed E-state index contributed by atoms with van der Waals surface area (Å²) in [6, 6.07) is 56.3. The molecular formula is C59H63BO2. The third-order valence-electron chi connectivity index (χ3n) is 18.0. The lowest BCUT2D eigenvalue weighted by atomic mass is 9.50. The van der Waals surface area contributed by atoms with Gasteiger partial charge in [-0.15, -0.1) is 0 Å². The summed E-state index contributed by atoms with van der Waals surface area (Å²) >= 11 is 0. The Morgan fingerprint density at radius 3 is 0.774 bits per heavy atom. The van der Waals surface area contributed by atoms with Crippen LogP contribution in [0.2, 0.25) is 0 Å². The van der Waals surface area contributed by atoms with Gasteiger partial charge in [0, 0.05) is 0 Å². The zero-order chi connectivity index (χ0) is 42.4. The fraction of sp³-hybridized carbons (Fsp3) is 0.390. The molecule has 0 unspecified atom stereocenters. The minimum atomic E-state index is -0.318. The van der Waals surface area contributed by atoms with Crippen molar-refractivity contribution in [3.8, 4) is 33.4 Å². The Balaban J connectivity index is 0.708. The predicted molar refractivity (Wildman–Crippen MR) is 258 cm³/mol. The molecule has 314 valence electrons. The zero-order valence-electron chi connectivity index (χ0n) is 37.7. The second kappa shape index (κ2) is 14.7. The summed E-state index contributed by atoms with van der Waals surface area (Å²) in [6.07, 6.45) is 15.4. The number of rotatable bonds is 8. The topological polar surface area (TPSA) is 18.5 Å². The van der Waals surface area contributed by atoms with Crippen LogP contribution in [0.25, 0.3) is 33.4 Å². The normalized spacial score (nSPS) is 28.3. The van der Waals surface area contributed by atoms with Gasteiger partial charge >= 0.3 is 7.12 Å². The zero-order valence-corrected chi connectivity index (χ0v) is 37.7.